The van der Waals surface area contributed by atoms with E-state index < -0.39 is 15.1 Å². The number of ether oxygens (including phenoxy) is 2. The number of nitrogens with two attached hydrogens (primary N) is 1. The molecule has 0 saturated heterocycles. The van der Waals surface area contributed by atoms with E-state index in [0.29, 0.717) is 11.5 Å². The molecule has 1 aliphatic heterocycles. The van der Waals surface area contributed by atoms with Gasteiger partial charge in [-0.15, -0.1) is 0 Å². The van der Waals surface area contributed by atoms with Gasteiger partial charge in [0, 0.05) is 17.7 Å². The lowest BCUT2D eigenvalue weighted by molar-refractivity contribution is 0.174. The standard InChI is InChI=1S/C12H15NO4S/c1-2-18(14,15)12-10(11(12)13)7-3-4-8-9(5-7)17-6-16-8/h3-5,10-12H,2,6,13H2,1H3/t10-,11+,12+/m1/s1. The van der Waals surface area contributed by atoms with Gasteiger partial charge in [0.1, 0.15) is 0 Å². The van der Waals surface area contributed by atoms with Gasteiger partial charge in [0.2, 0.25) is 6.79 Å². The zero-order valence-corrected chi connectivity index (χ0v) is 10.8. The summed E-state index contributed by atoms with van der Waals surface area (Å²) in [4.78, 5) is 0. The van der Waals surface area contributed by atoms with E-state index in [0.717, 1.165) is 5.56 Å². The van der Waals surface area contributed by atoms with Crippen LogP contribution in [-0.2, 0) is 9.84 Å². The minimum atomic E-state index is -3.08. The number of hydrogen-bond donors (Lipinski definition) is 1. The third-order valence-electron chi connectivity index (χ3n) is 3.61. The van der Waals surface area contributed by atoms with Crippen LogP contribution in [0.2, 0.25) is 0 Å². The van der Waals surface area contributed by atoms with Crippen molar-refractivity contribution in [2.45, 2.75) is 24.1 Å². The maximum absolute atomic E-state index is 11.9. The van der Waals surface area contributed by atoms with Crippen LogP contribution in [0.1, 0.15) is 18.4 Å². The Balaban J connectivity index is 1.89. The van der Waals surface area contributed by atoms with Crippen LogP contribution < -0.4 is 15.2 Å². The molecule has 2 N–H and O–H groups in total. The van der Waals surface area contributed by atoms with Gasteiger partial charge in [-0.05, 0) is 17.7 Å². The van der Waals surface area contributed by atoms with Crippen LogP contribution in [0.5, 0.6) is 11.5 Å². The summed E-state index contributed by atoms with van der Waals surface area (Å²) in [7, 11) is -3.08. The number of hydrogen-bond acceptors (Lipinski definition) is 5. The van der Waals surface area contributed by atoms with Gasteiger partial charge in [-0.2, -0.15) is 0 Å². The van der Waals surface area contributed by atoms with Gasteiger partial charge < -0.3 is 15.2 Å². The molecule has 18 heavy (non-hydrogen) atoms. The summed E-state index contributed by atoms with van der Waals surface area (Å²) in [5.74, 6) is 1.37. The molecule has 1 saturated carbocycles. The first-order chi connectivity index (χ1) is 8.54. The maximum atomic E-state index is 11.9. The van der Waals surface area contributed by atoms with Gasteiger partial charge >= 0.3 is 0 Å². The normalized spacial score (nSPS) is 29.3. The number of rotatable bonds is 3. The first-order valence-corrected chi connectivity index (χ1v) is 7.63. The van der Waals surface area contributed by atoms with Gasteiger partial charge in [0.25, 0.3) is 0 Å². The van der Waals surface area contributed by atoms with Crippen molar-refractivity contribution in [1.29, 1.82) is 0 Å². The molecule has 0 bridgehead atoms. The highest BCUT2D eigenvalue weighted by Crippen LogP contribution is 2.47. The molecule has 0 amide bonds. The van der Waals surface area contributed by atoms with Crippen LogP contribution in [0.4, 0.5) is 0 Å². The smallest absolute Gasteiger partial charge is 0.231 e. The van der Waals surface area contributed by atoms with Crippen molar-refractivity contribution in [3.8, 4) is 11.5 Å². The molecule has 0 radical (unpaired) electrons. The predicted molar refractivity (Wildman–Crippen MR) is 66.5 cm³/mol. The van der Waals surface area contributed by atoms with Crippen LogP contribution in [0.25, 0.3) is 0 Å². The number of sulfone groups is 1. The van der Waals surface area contributed by atoms with E-state index in [4.69, 9.17) is 15.2 Å². The van der Waals surface area contributed by atoms with Crippen LogP contribution in [-0.4, -0.2) is 32.3 Å². The van der Waals surface area contributed by atoms with E-state index in [-0.39, 0.29) is 24.5 Å². The molecule has 1 aromatic rings. The summed E-state index contributed by atoms with van der Waals surface area (Å²) in [6.07, 6.45) is 0. The second-order valence-electron chi connectivity index (χ2n) is 4.63. The van der Waals surface area contributed by atoms with Crippen LogP contribution in [0, 0.1) is 0 Å². The van der Waals surface area contributed by atoms with Crippen molar-refractivity contribution in [1.82, 2.24) is 0 Å². The molecule has 0 aromatic heterocycles. The molecule has 3 rings (SSSR count). The minimum absolute atomic E-state index is 0.121. The lowest BCUT2D eigenvalue weighted by Crippen LogP contribution is -2.17. The Morgan fingerprint density at radius 1 is 1.33 bits per heavy atom. The monoisotopic (exact) mass is 269 g/mol. The minimum Gasteiger partial charge on any atom is -0.454 e. The SMILES string of the molecule is CCS(=O)(=O)[C@@H]1[C@@H](N)[C@H]1c1ccc2c(c1)OCO2. The number of fused-ring (bicyclic) bond motifs is 1. The zero-order chi connectivity index (χ0) is 12.9. The molecule has 3 atom stereocenters. The summed E-state index contributed by atoms with van der Waals surface area (Å²) in [6.45, 7) is 1.86. The van der Waals surface area contributed by atoms with E-state index in [1.54, 1.807) is 13.0 Å². The molecular weight excluding hydrogens is 254 g/mol. The Kier molecular flexibility index (Phi) is 2.53. The summed E-state index contributed by atoms with van der Waals surface area (Å²) >= 11 is 0. The fourth-order valence-electron chi connectivity index (χ4n) is 2.49. The van der Waals surface area contributed by atoms with Crippen LogP contribution >= 0.6 is 0 Å². The molecule has 0 unspecified atom stereocenters. The fourth-order valence-corrected chi connectivity index (χ4v) is 4.22. The Morgan fingerprint density at radius 2 is 2.06 bits per heavy atom. The van der Waals surface area contributed by atoms with E-state index in [9.17, 15) is 8.42 Å². The highest BCUT2D eigenvalue weighted by Gasteiger charge is 2.56. The van der Waals surface area contributed by atoms with Gasteiger partial charge in [-0.25, -0.2) is 8.42 Å². The molecule has 1 aromatic carbocycles. The molecule has 1 fully saturated rings. The van der Waals surface area contributed by atoms with Crippen molar-refractivity contribution >= 4 is 9.84 Å². The second kappa shape index (κ2) is 3.86. The lowest BCUT2D eigenvalue weighted by atomic mass is 10.1. The maximum Gasteiger partial charge on any atom is 0.231 e. The summed E-state index contributed by atoms with van der Waals surface area (Å²) in [5, 5.41) is -0.456. The Hall–Kier alpha value is -1.27. The molecule has 1 heterocycles. The van der Waals surface area contributed by atoms with Crippen molar-refractivity contribution in [2.24, 2.45) is 5.73 Å². The predicted octanol–water partition coefficient (Wildman–Crippen LogP) is 0.643. The zero-order valence-electron chi connectivity index (χ0n) is 10.00. The van der Waals surface area contributed by atoms with Gasteiger partial charge in [0.15, 0.2) is 21.3 Å². The van der Waals surface area contributed by atoms with E-state index in [2.05, 4.69) is 0 Å². The van der Waals surface area contributed by atoms with Gasteiger partial charge in [0.05, 0.1) is 5.25 Å². The Bertz CT molecular complexity index is 584. The number of benzene rings is 1. The molecule has 2 aliphatic rings. The molecule has 0 spiro atoms. The van der Waals surface area contributed by atoms with Crippen molar-refractivity contribution < 1.29 is 17.9 Å². The van der Waals surface area contributed by atoms with Crippen molar-refractivity contribution in [3.05, 3.63) is 23.8 Å². The highest BCUT2D eigenvalue weighted by molar-refractivity contribution is 7.92. The molecule has 1 aliphatic carbocycles. The third-order valence-corrected chi connectivity index (χ3v) is 5.85. The average Bonchev–Trinajstić information content (AvgIpc) is 2.84. The van der Waals surface area contributed by atoms with Gasteiger partial charge in [-0.3, -0.25) is 0 Å². The average molecular weight is 269 g/mol. The van der Waals surface area contributed by atoms with E-state index in [1.165, 1.54) is 0 Å². The first kappa shape index (κ1) is 11.8. The van der Waals surface area contributed by atoms with E-state index in [1.807, 2.05) is 12.1 Å². The fraction of sp³-hybridized carbons (Fsp3) is 0.500. The Morgan fingerprint density at radius 3 is 2.78 bits per heavy atom. The molecule has 98 valence electrons. The summed E-state index contributed by atoms with van der Waals surface area (Å²) in [5.41, 5.74) is 6.81. The van der Waals surface area contributed by atoms with Crippen molar-refractivity contribution in [3.63, 3.8) is 0 Å². The first-order valence-electron chi connectivity index (χ1n) is 5.91. The largest absolute Gasteiger partial charge is 0.454 e. The molecule has 6 heteroatoms. The second-order valence-corrected chi connectivity index (χ2v) is 7.08. The van der Waals surface area contributed by atoms with E-state index >= 15 is 0 Å². The molecule has 5 nitrogen and oxygen atoms in total. The summed E-state index contributed by atoms with van der Waals surface area (Å²) < 4.78 is 34.2. The van der Waals surface area contributed by atoms with Crippen LogP contribution in [0.3, 0.4) is 0 Å². The quantitative estimate of drug-likeness (QED) is 0.871. The summed E-state index contributed by atoms with van der Waals surface area (Å²) in [6, 6.07) is 5.19. The van der Waals surface area contributed by atoms with Gasteiger partial charge in [-0.1, -0.05) is 13.0 Å². The third kappa shape index (κ3) is 1.67. The lowest BCUT2D eigenvalue weighted by Gasteiger charge is -2.02. The topological polar surface area (TPSA) is 78.6 Å². The molecular formula is C12H15NO4S. The van der Waals surface area contributed by atoms with Crippen molar-refractivity contribution in [2.75, 3.05) is 12.5 Å². The Labute approximate surface area is 106 Å². The van der Waals surface area contributed by atoms with Crippen LogP contribution in [0.15, 0.2) is 18.2 Å². The highest BCUT2D eigenvalue weighted by atomic mass is 32.2.